The number of para-hydroxylation sites is 2. The van der Waals surface area contributed by atoms with Crippen LogP contribution in [0, 0.1) is 11.6 Å². The molecule has 1 unspecified atom stereocenters. The van der Waals surface area contributed by atoms with Gasteiger partial charge in [-0.25, -0.2) is 8.78 Å². The molecule has 0 aliphatic carbocycles. The van der Waals surface area contributed by atoms with Crippen molar-refractivity contribution in [2.45, 2.75) is 13.0 Å². The number of nitrogens with one attached hydrogen (secondary N) is 1. The van der Waals surface area contributed by atoms with E-state index in [0.717, 1.165) is 12.1 Å². The zero-order valence-corrected chi connectivity index (χ0v) is 12.1. The molecule has 1 atom stereocenters. The normalized spacial score (nSPS) is 11.6. The number of anilines is 1. The summed E-state index contributed by atoms with van der Waals surface area (Å²) in [5.74, 6) is -1.24. The summed E-state index contributed by atoms with van der Waals surface area (Å²) in [6, 6.07) is 9.76. The van der Waals surface area contributed by atoms with Gasteiger partial charge in [0.05, 0.1) is 12.8 Å². The summed E-state index contributed by atoms with van der Waals surface area (Å²) in [4.78, 5) is 12.0. The lowest BCUT2D eigenvalue weighted by Gasteiger charge is -2.16. The van der Waals surface area contributed by atoms with Crippen LogP contribution in [0.1, 0.15) is 6.92 Å². The van der Waals surface area contributed by atoms with E-state index in [4.69, 9.17) is 9.47 Å². The van der Waals surface area contributed by atoms with Crippen LogP contribution in [0.25, 0.3) is 0 Å². The van der Waals surface area contributed by atoms with Crippen molar-refractivity contribution in [3.63, 3.8) is 0 Å². The number of carbonyl (C=O) groups is 1. The molecule has 0 saturated carbocycles. The van der Waals surface area contributed by atoms with Gasteiger partial charge in [0, 0.05) is 6.07 Å². The quantitative estimate of drug-likeness (QED) is 0.921. The number of hydrogen-bond acceptors (Lipinski definition) is 3. The molecular formula is C16H15F2NO3. The van der Waals surface area contributed by atoms with Gasteiger partial charge in [-0.3, -0.25) is 4.79 Å². The lowest BCUT2D eigenvalue weighted by molar-refractivity contribution is -0.122. The number of methoxy groups -OCH3 is 1. The van der Waals surface area contributed by atoms with Crippen LogP contribution >= 0.6 is 0 Å². The first-order valence-electron chi connectivity index (χ1n) is 6.57. The molecule has 2 aromatic carbocycles. The highest BCUT2D eigenvalue weighted by molar-refractivity contribution is 5.94. The van der Waals surface area contributed by atoms with Gasteiger partial charge in [-0.15, -0.1) is 0 Å². The van der Waals surface area contributed by atoms with Crippen molar-refractivity contribution in [3.05, 3.63) is 54.1 Å². The van der Waals surface area contributed by atoms with Gasteiger partial charge in [0.25, 0.3) is 5.91 Å². The van der Waals surface area contributed by atoms with Crippen LogP contribution in [-0.2, 0) is 4.79 Å². The molecule has 6 heteroatoms. The first-order chi connectivity index (χ1) is 10.5. The summed E-state index contributed by atoms with van der Waals surface area (Å²) in [6.07, 6.45) is -0.888. The molecule has 22 heavy (non-hydrogen) atoms. The van der Waals surface area contributed by atoms with Crippen LogP contribution in [0.2, 0.25) is 0 Å². The summed E-state index contributed by atoms with van der Waals surface area (Å²) in [6.45, 7) is 1.52. The third kappa shape index (κ3) is 3.72. The van der Waals surface area contributed by atoms with Crippen LogP contribution < -0.4 is 14.8 Å². The fourth-order valence-corrected chi connectivity index (χ4v) is 1.79. The van der Waals surface area contributed by atoms with E-state index in [2.05, 4.69) is 5.32 Å². The molecule has 0 aromatic heterocycles. The predicted octanol–water partition coefficient (Wildman–Crippen LogP) is 3.38. The second-order valence-electron chi connectivity index (χ2n) is 4.52. The fraction of sp³-hybridized carbons (Fsp3) is 0.188. The van der Waals surface area contributed by atoms with Crippen molar-refractivity contribution >= 4 is 11.6 Å². The van der Waals surface area contributed by atoms with E-state index in [0.29, 0.717) is 17.6 Å². The highest BCUT2D eigenvalue weighted by Gasteiger charge is 2.18. The van der Waals surface area contributed by atoms with E-state index in [1.54, 1.807) is 24.3 Å². The maximum atomic E-state index is 13.5. The summed E-state index contributed by atoms with van der Waals surface area (Å²) < 4.78 is 36.9. The molecule has 1 amide bonds. The second kappa shape index (κ2) is 6.89. The van der Waals surface area contributed by atoms with Gasteiger partial charge < -0.3 is 14.8 Å². The van der Waals surface area contributed by atoms with E-state index in [-0.39, 0.29) is 5.69 Å². The number of ether oxygens (including phenoxy) is 2. The highest BCUT2D eigenvalue weighted by atomic mass is 19.1. The Morgan fingerprint density at radius 1 is 1.14 bits per heavy atom. The van der Waals surface area contributed by atoms with Crippen LogP contribution in [0.5, 0.6) is 11.5 Å². The van der Waals surface area contributed by atoms with Crippen molar-refractivity contribution in [3.8, 4) is 11.5 Å². The number of benzene rings is 2. The minimum atomic E-state index is -0.888. The van der Waals surface area contributed by atoms with Gasteiger partial charge >= 0.3 is 0 Å². The maximum Gasteiger partial charge on any atom is 0.265 e. The zero-order valence-electron chi connectivity index (χ0n) is 12.1. The van der Waals surface area contributed by atoms with Crippen molar-refractivity contribution in [2.24, 2.45) is 0 Å². The third-order valence-corrected chi connectivity index (χ3v) is 2.93. The van der Waals surface area contributed by atoms with Crippen LogP contribution in [-0.4, -0.2) is 19.1 Å². The molecule has 0 aliphatic rings. The van der Waals surface area contributed by atoms with Gasteiger partial charge in [-0.2, -0.15) is 0 Å². The molecule has 116 valence electrons. The van der Waals surface area contributed by atoms with E-state index >= 15 is 0 Å². The number of amides is 1. The van der Waals surface area contributed by atoms with Gasteiger partial charge in [0.2, 0.25) is 0 Å². The molecule has 2 rings (SSSR count). The molecule has 0 fully saturated rings. The van der Waals surface area contributed by atoms with Crippen molar-refractivity contribution < 1.29 is 23.0 Å². The standard InChI is InChI=1S/C16H15F2NO3/c1-10(22-15-6-4-3-5-14(15)21-2)16(20)19-13-8-7-11(17)9-12(13)18/h3-10H,1-2H3,(H,19,20). The van der Waals surface area contributed by atoms with Crippen LogP contribution in [0.3, 0.4) is 0 Å². The van der Waals surface area contributed by atoms with Gasteiger partial charge in [0.15, 0.2) is 17.6 Å². The third-order valence-electron chi connectivity index (χ3n) is 2.93. The van der Waals surface area contributed by atoms with Crippen molar-refractivity contribution in [1.82, 2.24) is 0 Å². The van der Waals surface area contributed by atoms with E-state index < -0.39 is 23.6 Å². The molecule has 2 aromatic rings. The van der Waals surface area contributed by atoms with Crippen LogP contribution in [0.4, 0.5) is 14.5 Å². The van der Waals surface area contributed by atoms with Gasteiger partial charge in [-0.05, 0) is 31.2 Å². The summed E-state index contributed by atoms with van der Waals surface area (Å²) in [5, 5.41) is 2.35. The topological polar surface area (TPSA) is 47.6 Å². The Bertz CT molecular complexity index is 676. The molecule has 0 saturated heterocycles. The largest absolute Gasteiger partial charge is 0.493 e. The molecule has 0 heterocycles. The molecule has 4 nitrogen and oxygen atoms in total. The Labute approximate surface area is 126 Å². The summed E-state index contributed by atoms with van der Waals surface area (Å²) >= 11 is 0. The second-order valence-corrected chi connectivity index (χ2v) is 4.52. The molecular weight excluding hydrogens is 292 g/mol. The molecule has 0 bridgehead atoms. The van der Waals surface area contributed by atoms with E-state index in [9.17, 15) is 13.6 Å². The van der Waals surface area contributed by atoms with Crippen LogP contribution in [0.15, 0.2) is 42.5 Å². The minimum absolute atomic E-state index is 0.109. The average Bonchev–Trinajstić information content (AvgIpc) is 2.50. The van der Waals surface area contributed by atoms with Gasteiger partial charge in [-0.1, -0.05) is 12.1 Å². The van der Waals surface area contributed by atoms with Crippen molar-refractivity contribution in [2.75, 3.05) is 12.4 Å². The Hall–Kier alpha value is -2.63. The Morgan fingerprint density at radius 2 is 1.82 bits per heavy atom. The number of rotatable bonds is 5. The lowest BCUT2D eigenvalue weighted by atomic mass is 10.2. The lowest BCUT2D eigenvalue weighted by Crippen LogP contribution is -2.30. The minimum Gasteiger partial charge on any atom is -0.493 e. The van der Waals surface area contributed by atoms with E-state index in [1.807, 2.05) is 0 Å². The molecule has 0 spiro atoms. The van der Waals surface area contributed by atoms with Crippen molar-refractivity contribution in [1.29, 1.82) is 0 Å². The number of halogens is 2. The van der Waals surface area contributed by atoms with Gasteiger partial charge in [0.1, 0.15) is 11.6 Å². The molecule has 0 aliphatic heterocycles. The Balaban J connectivity index is 2.06. The first-order valence-corrected chi connectivity index (χ1v) is 6.57. The molecule has 1 N–H and O–H groups in total. The maximum absolute atomic E-state index is 13.5. The Kier molecular flexibility index (Phi) is 4.93. The summed E-state index contributed by atoms with van der Waals surface area (Å²) in [5.41, 5.74) is -0.109. The number of hydrogen-bond donors (Lipinski definition) is 1. The van der Waals surface area contributed by atoms with E-state index in [1.165, 1.54) is 14.0 Å². The summed E-state index contributed by atoms with van der Waals surface area (Å²) in [7, 11) is 1.49. The fourth-order valence-electron chi connectivity index (χ4n) is 1.79. The first kappa shape index (κ1) is 15.8. The average molecular weight is 307 g/mol. The molecule has 0 radical (unpaired) electrons. The monoisotopic (exact) mass is 307 g/mol. The zero-order chi connectivity index (χ0) is 16.1. The highest BCUT2D eigenvalue weighted by Crippen LogP contribution is 2.27. The predicted molar refractivity (Wildman–Crippen MR) is 78.1 cm³/mol. The SMILES string of the molecule is COc1ccccc1OC(C)C(=O)Nc1ccc(F)cc1F. The Morgan fingerprint density at radius 3 is 2.45 bits per heavy atom. The smallest absolute Gasteiger partial charge is 0.265 e. The number of carbonyl (C=O) groups excluding carboxylic acids is 1.